The maximum absolute atomic E-state index is 13.0. The van der Waals surface area contributed by atoms with Gasteiger partial charge in [0.15, 0.2) is 11.5 Å². The number of sulfonamides is 1. The van der Waals surface area contributed by atoms with Gasteiger partial charge in [0.1, 0.15) is 0 Å². The summed E-state index contributed by atoms with van der Waals surface area (Å²) in [6.07, 6.45) is 0. The van der Waals surface area contributed by atoms with Gasteiger partial charge >= 0.3 is 0 Å². The summed E-state index contributed by atoms with van der Waals surface area (Å²) in [6, 6.07) is 15.1. The number of anilines is 2. The Labute approximate surface area is 181 Å². The van der Waals surface area contributed by atoms with E-state index < -0.39 is 15.9 Å². The Bertz CT molecular complexity index is 1260. The highest BCUT2D eigenvalue weighted by atomic mass is 32.2. The van der Waals surface area contributed by atoms with Crippen LogP contribution in [-0.4, -0.2) is 21.1 Å². The molecule has 1 amide bonds. The van der Waals surface area contributed by atoms with E-state index in [1.54, 1.807) is 49.4 Å². The van der Waals surface area contributed by atoms with Gasteiger partial charge in [-0.15, -0.1) is 0 Å². The number of hydrogen-bond donors (Lipinski definition) is 2. The molecule has 0 bridgehead atoms. The molecule has 4 rings (SSSR count). The van der Waals surface area contributed by atoms with Crippen molar-refractivity contribution in [3.05, 3.63) is 76.9 Å². The molecule has 0 aliphatic carbocycles. The Morgan fingerprint density at radius 1 is 0.839 bits per heavy atom. The van der Waals surface area contributed by atoms with Crippen LogP contribution in [0.4, 0.5) is 11.4 Å². The Hall–Kier alpha value is -3.52. The van der Waals surface area contributed by atoms with Crippen LogP contribution in [0.5, 0.6) is 11.5 Å². The minimum absolute atomic E-state index is 0.0463. The van der Waals surface area contributed by atoms with Crippen LogP contribution in [0.2, 0.25) is 0 Å². The van der Waals surface area contributed by atoms with Crippen molar-refractivity contribution >= 4 is 27.3 Å². The summed E-state index contributed by atoms with van der Waals surface area (Å²) in [5.74, 6) is 0.725. The van der Waals surface area contributed by atoms with Gasteiger partial charge in [0.05, 0.1) is 4.90 Å². The van der Waals surface area contributed by atoms with E-state index in [2.05, 4.69) is 10.0 Å². The molecule has 1 aliphatic rings. The molecule has 7 nitrogen and oxygen atoms in total. The molecule has 0 atom stereocenters. The summed E-state index contributed by atoms with van der Waals surface area (Å²) in [5, 5.41) is 2.76. The molecule has 160 valence electrons. The molecular weight excluding hydrogens is 416 g/mol. The Morgan fingerprint density at radius 2 is 1.55 bits per heavy atom. The molecule has 0 aromatic heterocycles. The third-order valence-electron chi connectivity index (χ3n) is 4.84. The zero-order valence-electron chi connectivity index (χ0n) is 17.4. The maximum atomic E-state index is 13.0. The summed E-state index contributed by atoms with van der Waals surface area (Å²) in [5.41, 5.74) is 3.66. The Balaban J connectivity index is 1.59. The van der Waals surface area contributed by atoms with Crippen LogP contribution in [-0.2, 0) is 10.0 Å². The van der Waals surface area contributed by atoms with Crippen LogP contribution in [0.15, 0.2) is 59.5 Å². The first-order valence-electron chi connectivity index (χ1n) is 9.64. The molecule has 1 heterocycles. The summed E-state index contributed by atoms with van der Waals surface area (Å²) >= 11 is 0. The number of hydrogen-bond acceptors (Lipinski definition) is 5. The molecule has 3 aromatic carbocycles. The lowest BCUT2D eigenvalue weighted by atomic mass is 10.1. The summed E-state index contributed by atoms with van der Waals surface area (Å²) in [4.78, 5) is 12.8. The quantitative estimate of drug-likeness (QED) is 0.616. The number of nitrogens with one attached hydrogen (secondary N) is 2. The van der Waals surface area contributed by atoms with E-state index in [4.69, 9.17) is 9.47 Å². The highest BCUT2D eigenvalue weighted by Gasteiger charge is 2.20. The molecular formula is C23H22N2O5S. The summed E-state index contributed by atoms with van der Waals surface area (Å²) in [6.45, 7) is 5.63. The average molecular weight is 439 g/mol. The van der Waals surface area contributed by atoms with Gasteiger partial charge in [-0.2, -0.15) is 0 Å². The van der Waals surface area contributed by atoms with Crippen molar-refractivity contribution in [2.75, 3.05) is 16.8 Å². The summed E-state index contributed by atoms with van der Waals surface area (Å²) in [7, 11) is -3.88. The zero-order valence-corrected chi connectivity index (χ0v) is 18.2. The minimum Gasteiger partial charge on any atom is -0.454 e. The molecule has 1 aliphatic heterocycles. The third-order valence-corrected chi connectivity index (χ3v) is 6.37. The number of rotatable bonds is 5. The first-order chi connectivity index (χ1) is 14.7. The summed E-state index contributed by atoms with van der Waals surface area (Å²) < 4.78 is 39.3. The molecule has 8 heteroatoms. The van der Waals surface area contributed by atoms with Crippen molar-refractivity contribution in [1.29, 1.82) is 0 Å². The van der Waals surface area contributed by atoms with E-state index in [1.807, 2.05) is 19.9 Å². The highest BCUT2D eigenvalue weighted by molar-refractivity contribution is 7.92. The van der Waals surface area contributed by atoms with Crippen molar-refractivity contribution in [1.82, 2.24) is 0 Å². The second-order valence-corrected chi connectivity index (χ2v) is 9.14. The molecule has 0 saturated carbocycles. The van der Waals surface area contributed by atoms with Crippen molar-refractivity contribution < 1.29 is 22.7 Å². The second-order valence-electron chi connectivity index (χ2n) is 7.48. The largest absolute Gasteiger partial charge is 0.454 e. The molecule has 2 N–H and O–H groups in total. The predicted molar refractivity (Wildman–Crippen MR) is 118 cm³/mol. The zero-order chi connectivity index (χ0) is 22.2. The molecule has 0 unspecified atom stereocenters. The number of ether oxygens (including phenoxy) is 2. The lowest BCUT2D eigenvalue weighted by molar-refractivity contribution is 0.102. The van der Waals surface area contributed by atoms with Gasteiger partial charge in [-0.25, -0.2) is 8.42 Å². The Morgan fingerprint density at radius 3 is 2.29 bits per heavy atom. The molecule has 0 fully saturated rings. The first kappa shape index (κ1) is 20.7. The van der Waals surface area contributed by atoms with Gasteiger partial charge in [0.2, 0.25) is 6.79 Å². The standard InChI is InChI=1S/C23H22N2O5S/c1-14-8-15(2)10-19(9-14)25-31(27,28)22-11-17(5-4-16(22)3)23(26)24-18-6-7-20-21(12-18)30-13-29-20/h4-12,25H,13H2,1-3H3,(H,24,26). The van der Waals surface area contributed by atoms with Crippen molar-refractivity contribution in [3.63, 3.8) is 0 Å². The van der Waals surface area contributed by atoms with Gasteiger partial charge in [-0.1, -0.05) is 12.1 Å². The molecule has 31 heavy (non-hydrogen) atoms. The predicted octanol–water partition coefficient (Wildman–Crippen LogP) is 4.39. The van der Waals surface area contributed by atoms with Crippen LogP contribution in [0.25, 0.3) is 0 Å². The smallest absolute Gasteiger partial charge is 0.262 e. The van der Waals surface area contributed by atoms with Gasteiger partial charge in [0.25, 0.3) is 15.9 Å². The van der Waals surface area contributed by atoms with Crippen LogP contribution in [0.1, 0.15) is 27.0 Å². The number of carbonyl (C=O) groups excluding carboxylic acids is 1. The topological polar surface area (TPSA) is 93.7 Å². The molecule has 3 aromatic rings. The fraction of sp³-hybridized carbons (Fsp3) is 0.174. The number of aryl methyl sites for hydroxylation is 3. The van der Waals surface area contributed by atoms with E-state index in [1.165, 1.54) is 6.07 Å². The molecule has 0 saturated heterocycles. The fourth-order valence-corrected chi connectivity index (χ4v) is 4.76. The minimum atomic E-state index is -3.88. The highest BCUT2D eigenvalue weighted by Crippen LogP contribution is 2.34. The van der Waals surface area contributed by atoms with Crippen molar-refractivity contribution in [2.24, 2.45) is 0 Å². The van der Waals surface area contributed by atoms with Crippen LogP contribution in [0.3, 0.4) is 0 Å². The number of benzene rings is 3. The number of amides is 1. The number of fused-ring (bicyclic) bond motifs is 1. The van der Waals surface area contributed by atoms with Crippen molar-refractivity contribution in [3.8, 4) is 11.5 Å². The van der Waals surface area contributed by atoms with Crippen LogP contribution >= 0.6 is 0 Å². The normalized spacial score (nSPS) is 12.5. The third kappa shape index (κ3) is 4.49. The van der Waals surface area contributed by atoms with Gasteiger partial charge < -0.3 is 14.8 Å². The van der Waals surface area contributed by atoms with Gasteiger partial charge in [-0.3, -0.25) is 9.52 Å². The average Bonchev–Trinajstić information content (AvgIpc) is 3.14. The molecule has 0 spiro atoms. The van der Waals surface area contributed by atoms with E-state index in [0.717, 1.165) is 11.1 Å². The maximum Gasteiger partial charge on any atom is 0.262 e. The second kappa shape index (κ2) is 7.96. The lowest BCUT2D eigenvalue weighted by Crippen LogP contribution is -2.17. The lowest BCUT2D eigenvalue weighted by Gasteiger charge is -2.13. The van der Waals surface area contributed by atoms with E-state index >= 15 is 0 Å². The van der Waals surface area contributed by atoms with Crippen LogP contribution in [0, 0.1) is 20.8 Å². The SMILES string of the molecule is Cc1cc(C)cc(NS(=O)(=O)c2cc(C(=O)Nc3ccc4c(c3)OCO4)ccc2C)c1. The Kier molecular flexibility index (Phi) is 5.32. The van der Waals surface area contributed by atoms with Gasteiger partial charge in [0, 0.05) is 23.0 Å². The van der Waals surface area contributed by atoms with Crippen LogP contribution < -0.4 is 19.5 Å². The fourth-order valence-electron chi connectivity index (χ4n) is 3.45. The molecule has 0 radical (unpaired) electrons. The van der Waals surface area contributed by atoms with E-state index in [9.17, 15) is 13.2 Å². The van der Waals surface area contributed by atoms with E-state index in [0.29, 0.717) is 28.4 Å². The number of carbonyl (C=O) groups is 1. The van der Waals surface area contributed by atoms with E-state index in [-0.39, 0.29) is 17.3 Å². The van der Waals surface area contributed by atoms with Crippen molar-refractivity contribution in [2.45, 2.75) is 25.7 Å². The van der Waals surface area contributed by atoms with Gasteiger partial charge in [-0.05, 0) is 73.9 Å². The monoisotopic (exact) mass is 438 g/mol. The first-order valence-corrected chi connectivity index (χ1v) is 11.1.